The van der Waals surface area contributed by atoms with E-state index in [1.54, 1.807) is 31.2 Å². The quantitative estimate of drug-likeness (QED) is 0.192. The molecule has 3 N–H and O–H groups in total. The molecule has 0 aromatic heterocycles. The number of nitrogens with one attached hydrogen (secondary N) is 1. The van der Waals surface area contributed by atoms with E-state index in [1.807, 2.05) is 37.3 Å². The zero-order valence-corrected chi connectivity index (χ0v) is 28.1. The van der Waals surface area contributed by atoms with Crippen molar-refractivity contribution in [1.29, 1.82) is 5.26 Å². The number of quaternary nitrogens is 2. The highest BCUT2D eigenvalue weighted by atomic mass is 16.4. The highest BCUT2D eigenvalue weighted by Crippen LogP contribution is 2.51. The van der Waals surface area contributed by atoms with Gasteiger partial charge < -0.3 is 29.4 Å². The van der Waals surface area contributed by atoms with Gasteiger partial charge >= 0.3 is 5.97 Å². The molecule has 0 radical (unpaired) electrons. The number of piperazine rings is 3. The minimum absolute atomic E-state index is 0.0696. The van der Waals surface area contributed by atoms with Crippen molar-refractivity contribution in [2.45, 2.75) is 32.5 Å². The summed E-state index contributed by atoms with van der Waals surface area (Å²) in [4.78, 5) is 53.3. The van der Waals surface area contributed by atoms with Crippen LogP contribution in [0.2, 0.25) is 0 Å². The molecule has 50 heavy (non-hydrogen) atoms. The topological polar surface area (TPSA) is 148 Å². The average Bonchev–Trinajstić information content (AvgIpc) is 3.52. The third-order valence-corrected chi connectivity index (χ3v) is 12.0. The summed E-state index contributed by atoms with van der Waals surface area (Å²) in [6.45, 7) is 10.2. The number of hydrogen-bond acceptors (Lipinski definition) is 6. The fourth-order valence-corrected chi connectivity index (χ4v) is 9.33. The number of β-lactam (4-membered cyclic amide) rings is 1. The second kappa shape index (κ2) is 11.5. The molecule has 0 unspecified atom stereocenters. The van der Waals surface area contributed by atoms with Crippen molar-refractivity contribution >= 4 is 34.8 Å². The van der Waals surface area contributed by atoms with Crippen LogP contribution in [0, 0.1) is 23.2 Å². The van der Waals surface area contributed by atoms with Crippen LogP contribution in [0.25, 0.3) is 16.7 Å². The number of nitrogens with zero attached hydrogens (tertiary/aromatic N) is 4. The molecular weight excluding hydrogens is 634 g/mol. The van der Waals surface area contributed by atoms with Gasteiger partial charge in [-0.1, -0.05) is 37.3 Å². The summed E-state index contributed by atoms with van der Waals surface area (Å²) in [6, 6.07) is 20.3. The summed E-state index contributed by atoms with van der Waals surface area (Å²) in [5.41, 5.74) is 6.03. The maximum absolute atomic E-state index is 13.7. The van der Waals surface area contributed by atoms with Gasteiger partial charge in [0.25, 0.3) is 5.91 Å². The van der Waals surface area contributed by atoms with Gasteiger partial charge in [0.05, 0.1) is 29.3 Å². The summed E-state index contributed by atoms with van der Waals surface area (Å²) >= 11 is 0. The first-order valence-electron chi connectivity index (χ1n) is 17.2. The lowest BCUT2D eigenvalue weighted by atomic mass is 9.76. The van der Waals surface area contributed by atoms with Crippen LogP contribution in [0.15, 0.2) is 66.4 Å². The van der Waals surface area contributed by atoms with Crippen LogP contribution >= 0.6 is 0 Å². The van der Waals surface area contributed by atoms with Gasteiger partial charge in [-0.05, 0) is 59.5 Å². The summed E-state index contributed by atoms with van der Waals surface area (Å²) in [7, 11) is 0. The number of carboxylic acids is 1. The van der Waals surface area contributed by atoms with Gasteiger partial charge in [-0.2, -0.15) is 5.26 Å². The standard InChI is InChI=1S/C39H37N5O6/c1-22-33(36(39(49)50)42-35(22)34(23(2)45)38(42)48)25-8-10-27-29-17-24(7-9-28(29)37(47)30(27)18-25)20-43-11-14-44(15-12-43,16-13-43)21-32(46)41-31-6-4-3-5-26(31)19-40/h3-10,17-18,22-23,34-35,45H,11-16,20-21H2,1-2H3/p+2/t22-,23+,34+,35+,43?,44?/m0/s1. The van der Waals surface area contributed by atoms with Crippen molar-refractivity contribution in [2.75, 3.05) is 51.1 Å². The molecule has 3 aromatic rings. The Labute approximate surface area is 289 Å². The van der Waals surface area contributed by atoms with E-state index in [0.717, 1.165) is 71.5 Å². The van der Waals surface area contributed by atoms with Gasteiger partial charge in [0.1, 0.15) is 57.6 Å². The molecule has 9 rings (SSSR count). The Hall–Kier alpha value is -5.15. The van der Waals surface area contributed by atoms with Crippen LogP contribution < -0.4 is 5.32 Å². The first-order valence-corrected chi connectivity index (χ1v) is 17.2. The lowest BCUT2D eigenvalue weighted by Gasteiger charge is -2.55. The molecule has 4 fully saturated rings. The summed E-state index contributed by atoms with van der Waals surface area (Å²) in [6.07, 6.45) is -0.890. The molecule has 1 aliphatic carbocycles. The molecule has 3 aromatic carbocycles. The van der Waals surface area contributed by atoms with Crippen LogP contribution in [0.3, 0.4) is 0 Å². The number of ketones is 1. The Balaban J connectivity index is 0.992. The Morgan fingerprint density at radius 2 is 1.62 bits per heavy atom. The molecule has 2 bridgehead atoms. The largest absolute Gasteiger partial charge is 0.477 e. The predicted octanol–water partition coefficient (Wildman–Crippen LogP) is 3.22. The number of aliphatic carboxylic acids is 1. The maximum Gasteiger partial charge on any atom is 0.352 e. The minimum atomic E-state index is -1.20. The van der Waals surface area contributed by atoms with Crippen LogP contribution in [-0.2, 0) is 20.9 Å². The number of aliphatic hydroxyl groups excluding tert-OH is 1. The molecule has 4 saturated heterocycles. The normalized spacial score (nSPS) is 28.0. The van der Waals surface area contributed by atoms with E-state index in [2.05, 4.69) is 17.5 Å². The molecule has 0 spiro atoms. The number of amides is 2. The Kier molecular flexibility index (Phi) is 7.35. The van der Waals surface area contributed by atoms with Crippen LogP contribution in [-0.4, -0.2) is 106 Å². The predicted molar refractivity (Wildman–Crippen MR) is 183 cm³/mol. The molecule has 2 amide bonds. The van der Waals surface area contributed by atoms with E-state index in [4.69, 9.17) is 0 Å². The van der Waals surface area contributed by atoms with E-state index in [1.165, 1.54) is 4.90 Å². The number of hydrogen-bond donors (Lipinski definition) is 3. The molecule has 4 atom stereocenters. The monoisotopic (exact) mass is 673 g/mol. The van der Waals surface area contributed by atoms with E-state index >= 15 is 0 Å². The first kappa shape index (κ1) is 32.1. The third kappa shape index (κ3) is 4.81. The van der Waals surface area contributed by atoms with E-state index in [9.17, 15) is 34.7 Å². The fraction of sp³-hybridized carbons (Fsp3) is 0.359. The Morgan fingerprint density at radius 1 is 0.940 bits per heavy atom. The van der Waals surface area contributed by atoms with Gasteiger partial charge in [-0.25, -0.2) is 4.79 Å². The van der Waals surface area contributed by atoms with Gasteiger partial charge in [-0.15, -0.1) is 0 Å². The molecule has 11 heteroatoms. The lowest BCUT2D eigenvalue weighted by Crippen LogP contribution is -2.75. The maximum atomic E-state index is 13.7. The van der Waals surface area contributed by atoms with Crippen molar-refractivity contribution in [1.82, 2.24) is 4.90 Å². The van der Waals surface area contributed by atoms with Crippen molar-refractivity contribution < 1.29 is 38.4 Å². The van der Waals surface area contributed by atoms with Crippen molar-refractivity contribution in [3.63, 3.8) is 0 Å². The third-order valence-electron chi connectivity index (χ3n) is 12.0. The second-order valence-corrected chi connectivity index (χ2v) is 14.8. The average molecular weight is 674 g/mol. The highest BCUT2D eigenvalue weighted by molar-refractivity contribution is 6.22. The van der Waals surface area contributed by atoms with Gasteiger partial charge in [0, 0.05) is 22.6 Å². The molecule has 5 heterocycles. The van der Waals surface area contributed by atoms with Gasteiger partial charge in [0.2, 0.25) is 5.91 Å². The van der Waals surface area contributed by atoms with Crippen molar-refractivity contribution in [3.05, 3.63) is 94.2 Å². The first-order chi connectivity index (χ1) is 23.9. The number of benzene rings is 3. The Bertz CT molecular complexity index is 2070. The highest BCUT2D eigenvalue weighted by Gasteiger charge is 2.60. The minimum Gasteiger partial charge on any atom is -0.477 e. The molecule has 11 nitrogen and oxygen atoms in total. The Morgan fingerprint density at radius 3 is 2.30 bits per heavy atom. The summed E-state index contributed by atoms with van der Waals surface area (Å²) < 4.78 is 1.69. The van der Waals surface area contributed by atoms with Gasteiger partial charge in [-0.3, -0.25) is 14.4 Å². The number of para-hydroxylation sites is 1. The molecule has 254 valence electrons. The van der Waals surface area contributed by atoms with Crippen LogP contribution in [0.4, 0.5) is 5.69 Å². The number of rotatable bonds is 8. The SMILES string of the molecule is C[C@@H](O)[C@H]1C(=O)N2C(C(=O)O)=C(c3ccc4c(c3)C(=O)c3ccc(C[N+]56CC[N+](CC(=O)Nc7ccccc7C#N)(CC5)CC6)cc3-4)[C@H](C)[C@H]12. The van der Waals surface area contributed by atoms with Crippen LogP contribution in [0.5, 0.6) is 0 Å². The molecule has 0 saturated carbocycles. The zero-order chi connectivity index (χ0) is 35.1. The molecule has 5 aliphatic heterocycles. The van der Waals surface area contributed by atoms with Crippen molar-refractivity contribution in [2.24, 2.45) is 11.8 Å². The molecular formula is C39H39N5O6+2. The second-order valence-electron chi connectivity index (χ2n) is 14.8. The smallest absolute Gasteiger partial charge is 0.352 e. The lowest BCUT2D eigenvalue weighted by molar-refractivity contribution is -1.08. The number of carbonyl (C=O) groups is 4. The summed E-state index contributed by atoms with van der Waals surface area (Å²) in [5.74, 6) is -2.74. The van der Waals surface area contributed by atoms with E-state index < -0.39 is 24.0 Å². The van der Waals surface area contributed by atoms with Gasteiger partial charge in [0.15, 0.2) is 12.3 Å². The number of nitriles is 1. The van der Waals surface area contributed by atoms with Crippen molar-refractivity contribution in [3.8, 4) is 17.2 Å². The zero-order valence-electron chi connectivity index (χ0n) is 28.1. The number of aliphatic hydroxyl groups is 1. The van der Waals surface area contributed by atoms with Crippen LogP contribution in [0.1, 0.15) is 46.5 Å². The molecule has 6 aliphatic rings. The summed E-state index contributed by atoms with van der Waals surface area (Å²) in [5, 5.41) is 32.7. The number of carboxylic acid groups (broad SMARTS) is 1. The fourth-order valence-electron chi connectivity index (χ4n) is 9.33. The number of fused-ring (bicyclic) bond motifs is 7. The van der Waals surface area contributed by atoms with E-state index in [-0.39, 0.29) is 29.2 Å². The number of carbonyl (C=O) groups excluding carboxylic acids is 3. The van der Waals surface area contributed by atoms with E-state index in [0.29, 0.717) is 40.1 Å². The number of anilines is 1.